The average molecular weight is 421 g/mol. The van der Waals surface area contributed by atoms with Gasteiger partial charge in [0.15, 0.2) is 0 Å². The van der Waals surface area contributed by atoms with E-state index in [1.165, 1.54) is 30.0 Å². The van der Waals surface area contributed by atoms with E-state index in [4.69, 9.17) is 8.92 Å². The number of halogens is 1. The van der Waals surface area contributed by atoms with Gasteiger partial charge in [0.1, 0.15) is 11.6 Å². The van der Waals surface area contributed by atoms with Crippen molar-refractivity contribution < 1.29 is 26.5 Å². The van der Waals surface area contributed by atoms with Crippen LogP contribution in [0.25, 0.3) is 0 Å². The van der Waals surface area contributed by atoms with Gasteiger partial charge in [0.05, 0.1) is 17.4 Å². The first kappa shape index (κ1) is 21.3. The first-order valence-electron chi connectivity index (χ1n) is 9.54. The molecule has 3 rings (SSSR count). The first-order valence-corrected chi connectivity index (χ1v) is 11.1. The monoisotopic (exact) mass is 421 g/mol. The predicted octanol–water partition coefficient (Wildman–Crippen LogP) is 3.38. The summed E-state index contributed by atoms with van der Waals surface area (Å²) in [6.07, 6.45) is 1.65. The van der Waals surface area contributed by atoms with Crippen molar-refractivity contribution in [1.82, 2.24) is 4.90 Å². The Morgan fingerprint density at radius 3 is 2.72 bits per heavy atom. The smallest absolute Gasteiger partial charge is 0.308 e. The molecule has 2 aromatic rings. The van der Waals surface area contributed by atoms with Crippen LogP contribution in [0, 0.1) is 5.82 Å². The minimum absolute atomic E-state index is 0.00791. The molecule has 0 saturated carbocycles. The Morgan fingerprint density at radius 2 is 2.03 bits per heavy atom. The summed E-state index contributed by atoms with van der Waals surface area (Å²) in [6.45, 7) is 2.64. The van der Waals surface area contributed by atoms with Crippen LogP contribution in [0.15, 0.2) is 48.5 Å². The highest BCUT2D eigenvalue weighted by molar-refractivity contribution is 7.87. The van der Waals surface area contributed by atoms with Crippen molar-refractivity contribution in [2.24, 2.45) is 0 Å². The lowest BCUT2D eigenvalue weighted by Gasteiger charge is -2.26. The lowest BCUT2D eigenvalue weighted by Crippen LogP contribution is -2.37. The molecule has 1 fully saturated rings. The lowest BCUT2D eigenvalue weighted by molar-refractivity contribution is 0.0503. The van der Waals surface area contributed by atoms with Crippen LogP contribution in [0.1, 0.15) is 35.7 Å². The molecule has 1 aliphatic rings. The summed E-state index contributed by atoms with van der Waals surface area (Å²) in [7, 11) is -3.65. The number of ether oxygens (including phenoxy) is 1. The van der Waals surface area contributed by atoms with Gasteiger partial charge in [-0.05, 0) is 49.6 Å². The lowest BCUT2D eigenvalue weighted by atomic mass is 10.1. The van der Waals surface area contributed by atoms with Gasteiger partial charge in [-0.25, -0.2) is 4.39 Å². The fourth-order valence-corrected chi connectivity index (χ4v) is 3.69. The number of amides is 1. The maximum atomic E-state index is 14.2. The molecule has 1 atom stereocenters. The Bertz CT molecular complexity index is 957. The summed E-state index contributed by atoms with van der Waals surface area (Å²) in [4.78, 5) is 14.6. The Labute approximate surface area is 170 Å². The second-order valence-electron chi connectivity index (χ2n) is 6.88. The number of benzene rings is 2. The van der Waals surface area contributed by atoms with Gasteiger partial charge in [-0.15, -0.1) is 0 Å². The summed E-state index contributed by atoms with van der Waals surface area (Å²) < 4.78 is 48.3. The second-order valence-corrected chi connectivity index (χ2v) is 8.74. The third-order valence-corrected chi connectivity index (χ3v) is 5.84. The van der Waals surface area contributed by atoms with Crippen LogP contribution < -0.4 is 4.18 Å². The molecular formula is C21H24FNO5S. The van der Waals surface area contributed by atoms with Crippen molar-refractivity contribution >= 4 is 16.0 Å². The molecule has 1 heterocycles. The zero-order chi connectivity index (χ0) is 20.9. The van der Waals surface area contributed by atoms with E-state index in [1.54, 1.807) is 30.3 Å². The molecule has 0 aliphatic carbocycles. The molecule has 0 N–H and O–H groups in total. The Morgan fingerprint density at radius 1 is 1.24 bits per heavy atom. The third-order valence-electron chi connectivity index (χ3n) is 4.69. The van der Waals surface area contributed by atoms with Gasteiger partial charge in [-0.1, -0.05) is 24.3 Å². The topological polar surface area (TPSA) is 72.9 Å². The van der Waals surface area contributed by atoms with Crippen LogP contribution in [0.4, 0.5) is 4.39 Å². The number of carbonyl (C=O) groups is 1. The van der Waals surface area contributed by atoms with E-state index in [-0.39, 0.29) is 29.7 Å². The van der Waals surface area contributed by atoms with Crippen molar-refractivity contribution in [1.29, 1.82) is 0 Å². The van der Waals surface area contributed by atoms with Crippen LogP contribution in [0.5, 0.6) is 5.75 Å². The van der Waals surface area contributed by atoms with Crippen LogP contribution >= 0.6 is 0 Å². The largest absolute Gasteiger partial charge is 0.382 e. The molecule has 8 heteroatoms. The predicted molar refractivity (Wildman–Crippen MR) is 107 cm³/mol. The van der Waals surface area contributed by atoms with Crippen molar-refractivity contribution in [3.8, 4) is 5.75 Å². The quantitative estimate of drug-likeness (QED) is 0.611. The van der Waals surface area contributed by atoms with Gasteiger partial charge in [0.25, 0.3) is 5.91 Å². The molecule has 0 spiro atoms. The van der Waals surface area contributed by atoms with Crippen LogP contribution in [0.2, 0.25) is 0 Å². The van der Waals surface area contributed by atoms with Crippen molar-refractivity contribution in [3.63, 3.8) is 0 Å². The highest BCUT2D eigenvalue weighted by atomic mass is 32.2. The normalized spacial score (nSPS) is 16.6. The molecule has 6 nitrogen and oxygen atoms in total. The molecule has 29 heavy (non-hydrogen) atoms. The zero-order valence-electron chi connectivity index (χ0n) is 16.2. The van der Waals surface area contributed by atoms with E-state index >= 15 is 0 Å². The second kappa shape index (κ2) is 9.37. The molecular weight excluding hydrogens is 397 g/mol. The number of nitrogens with zero attached hydrogens (tertiary/aromatic N) is 1. The number of rotatable bonds is 8. The minimum Gasteiger partial charge on any atom is -0.382 e. The third kappa shape index (κ3) is 5.77. The van der Waals surface area contributed by atoms with Gasteiger partial charge < -0.3 is 13.8 Å². The van der Waals surface area contributed by atoms with Crippen molar-refractivity contribution in [2.75, 3.05) is 18.9 Å². The summed E-state index contributed by atoms with van der Waals surface area (Å²) in [5, 5.41) is 0. The highest BCUT2D eigenvalue weighted by Crippen LogP contribution is 2.21. The maximum Gasteiger partial charge on any atom is 0.308 e. The molecule has 2 aromatic carbocycles. The molecule has 0 aromatic heterocycles. The summed E-state index contributed by atoms with van der Waals surface area (Å²) in [5.41, 5.74) is 0.669. The number of carbonyl (C=O) groups excluding carboxylic acids is 1. The molecule has 0 bridgehead atoms. The first-order chi connectivity index (χ1) is 13.9. The maximum absolute atomic E-state index is 14.2. The summed E-state index contributed by atoms with van der Waals surface area (Å²) in [6, 6.07) is 12.4. The number of hydrogen-bond donors (Lipinski definition) is 0. The molecule has 0 radical (unpaired) electrons. The van der Waals surface area contributed by atoms with Crippen molar-refractivity contribution in [2.45, 2.75) is 32.4 Å². The van der Waals surface area contributed by atoms with E-state index in [2.05, 4.69) is 0 Å². The fourth-order valence-electron chi connectivity index (χ4n) is 3.18. The van der Waals surface area contributed by atoms with Crippen LogP contribution in [-0.2, 0) is 21.4 Å². The van der Waals surface area contributed by atoms with E-state index in [0.29, 0.717) is 18.7 Å². The van der Waals surface area contributed by atoms with E-state index in [0.717, 1.165) is 12.8 Å². The Kier molecular flexibility index (Phi) is 6.87. The molecule has 0 unspecified atom stereocenters. The van der Waals surface area contributed by atoms with Gasteiger partial charge in [0.2, 0.25) is 0 Å². The zero-order valence-corrected chi connectivity index (χ0v) is 17.0. The van der Waals surface area contributed by atoms with Crippen LogP contribution in [0.3, 0.4) is 0 Å². The van der Waals surface area contributed by atoms with E-state index < -0.39 is 21.8 Å². The number of hydrogen-bond acceptors (Lipinski definition) is 5. The average Bonchev–Trinajstić information content (AvgIpc) is 3.20. The van der Waals surface area contributed by atoms with E-state index in [9.17, 15) is 17.6 Å². The molecule has 1 amide bonds. The van der Waals surface area contributed by atoms with Gasteiger partial charge in [-0.2, -0.15) is 8.42 Å². The SMILES string of the molecule is CCS(=O)(=O)Oc1cccc(CN(C[C@@H]2CCCO2)C(=O)c2ccccc2F)c1. The standard InChI is InChI=1S/C21H24FNO5S/c1-2-29(25,26)28-17-8-5-7-16(13-17)14-23(15-18-9-6-12-27-18)21(24)19-10-3-4-11-20(19)22/h3-5,7-8,10-11,13,18H,2,6,9,12,14-15H2,1H3/t18-/m0/s1. The van der Waals surface area contributed by atoms with Gasteiger partial charge >= 0.3 is 10.1 Å². The van der Waals surface area contributed by atoms with Gasteiger partial charge in [-0.3, -0.25) is 4.79 Å². The summed E-state index contributed by atoms with van der Waals surface area (Å²) in [5.74, 6) is -0.986. The fraction of sp³-hybridized carbons (Fsp3) is 0.381. The van der Waals surface area contributed by atoms with Crippen molar-refractivity contribution in [3.05, 3.63) is 65.5 Å². The Hall–Kier alpha value is -2.45. The minimum atomic E-state index is -3.65. The van der Waals surface area contributed by atoms with Gasteiger partial charge in [0, 0.05) is 19.7 Å². The highest BCUT2D eigenvalue weighted by Gasteiger charge is 2.25. The van der Waals surface area contributed by atoms with E-state index in [1.807, 2.05) is 0 Å². The molecule has 1 saturated heterocycles. The molecule has 1 aliphatic heterocycles. The summed E-state index contributed by atoms with van der Waals surface area (Å²) >= 11 is 0. The van der Waals surface area contributed by atoms with Crippen LogP contribution in [-0.4, -0.2) is 44.2 Å². The Balaban J connectivity index is 1.83. The molecule has 156 valence electrons.